The van der Waals surface area contributed by atoms with E-state index in [4.69, 9.17) is 4.98 Å². The van der Waals surface area contributed by atoms with E-state index in [0.717, 1.165) is 6.54 Å². The minimum absolute atomic E-state index is 0.521. The van der Waals surface area contributed by atoms with Gasteiger partial charge in [-0.25, -0.2) is 4.98 Å². The predicted octanol–water partition coefficient (Wildman–Crippen LogP) is 3.41. The molecule has 1 fully saturated rings. The third-order valence-corrected chi connectivity index (χ3v) is 4.46. The number of nitrogens with one attached hydrogen (secondary N) is 1. The summed E-state index contributed by atoms with van der Waals surface area (Å²) in [6.07, 6.45) is 5.35. The molecule has 102 valence electrons. The summed E-state index contributed by atoms with van der Waals surface area (Å²) in [4.78, 5) is 7.28. The molecule has 0 bridgehead atoms. The normalized spacial score (nSPS) is 21.3. The van der Waals surface area contributed by atoms with Crippen molar-refractivity contribution in [1.29, 1.82) is 0 Å². The first kappa shape index (κ1) is 13.8. The van der Waals surface area contributed by atoms with E-state index >= 15 is 0 Å². The molecule has 3 nitrogen and oxygen atoms in total. The highest BCUT2D eigenvalue weighted by Crippen LogP contribution is 2.27. The quantitative estimate of drug-likeness (QED) is 0.906. The Bertz CT molecular complexity index is 362. The fourth-order valence-corrected chi connectivity index (χ4v) is 3.33. The molecular formula is C14H25N3S. The fourth-order valence-electron chi connectivity index (χ4n) is 2.38. The topological polar surface area (TPSA) is 28.2 Å². The van der Waals surface area contributed by atoms with Crippen LogP contribution in [-0.4, -0.2) is 23.6 Å². The second-order valence-electron chi connectivity index (χ2n) is 5.55. The van der Waals surface area contributed by atoms with Crippen LogP contribution in [0.5, 0.6) is 0 Å². The highest BCUT2D eigenvalue weighted by molar-refractivity contribution is 7.13. The number of anilines is 1. The highest BCUT2D eigenvalue weighted by Gasteiger charge is 2.19. The Hall–Kier alpha value is -0.610. The summed E-state index contributed by atoms with van der Waals surface area (Å²) < 4.78 is 0. The molecule has 1 aliphatic rings. The van der Waals surface area contributed by atoms with Crippen molar-refractivity contribution in [3.8, 4) is 0 Å². The molecular weight excluding hydrogens is 242 g/mol. The van der Waals surface area contributed by atoms with Crippen LogP contribution in [-0.2, 0) is 6.54 Å². The van der Waals surface area contributed by atoms with Gasteiger partial charge in [-0.15, -0.1) is 11.3 Å². The van der Waals surface area contributed by atoms with Crippen molar-refractivity contribution in [2.24, 2.45) is 0 Å². The standard InChI is InChI=1S/C14H25N3S/c1-11(2)15-9-13-10-18-14(16-13)17-8-6-4-5-7-12(17)3/h10-12,15H,4-9H2,1-3H3. The average molecular weight is 267 g/mol. The van der Waals surface area contributed by atoms with E-state index < -0.39 is 0 Å². The van der Waals surface area contributed by atoms with E-state index in [1.165, 1.54) is 43.1 Å². The molecule has 1 aliphatic heterocycles. The van der Waals surface area contributed by atoms with E-state index in [2.05, 4.69) is 36.4 Å². The van der Waals surface area contributed by atoms with Crippen molar-refractivity contribution in [2.45, 2.75) is 65.1 Å². The van der Waals surface area contributed by atoms with E-state index in [1.807, 2.05) is 0 Å². The summed E-state index contributed by atoms with van der Waals surface area (Å²) in [7, 11) is 0. The molecule has 0 aromatic carbocycles. The van der Waals surface area contributed by atoms with Crippen LogP contribution in [0.4, 0.5) is 5.13 Å². The van der Waals surface area contributed by atoms with Crippen LogP contribution in [0.25, 0.3) is 0 Å². The van der Waals surface area contributed by atoms with Gasteiger partial charge in [-0.1, -0.05) is 26.7 Å². The Morgan fingerprint density at radius 2 is 2.28 bits per heavy atom. The number of hydrogen-bond donors (Lipinski definition) is 1. The maximum absolute atomic E-state index is 4.78. The summed E-state index contributed by atoms with van der Waals surface area (Å²) >= 11 is 1.80. The molecule has 1 saturated heterocycles. The minimum Gasteiger partial charge on any atom is -0.345 e. The zero-order chi connectivity index (χ0) is 13.0. The van der Waals surface area contributed by atoms with Gasteiger partial charge in [0.05, 0.1) is 5.69 Å². The lowest BCUT2D eigenvalue weighted by Gasteiger charge is -2.26. The van der Waals surface area contributed by atoms with Gasteiger partial charge in [0.2, 0.25) is 0 Å². The number of hydrogen-bond acceptors (Lipinski definition) is 4. The van der Waals surface area contributed by atoms with Gasteiger partial charge in [-0.05, 0) is 19.8 Å². The van der Waals surface area contributed by atoms with Gasteiger partial charge in [-0.3, -0.25) is 0 Å². The second kappa shape index (κ2) is 6.53. The molecule has 1 unspecified atom stereocenters. The molecule has 1 aromatic heterocycles. The largest absolute Gasteiger partial charge is 0.345 e. The number of aromatic nitrogens is 1. The maximum atomic E-state index is 4.78. The van der Waals surface area contributed by atoms with E-state index in [0.29, 0.717) is 12.1 Å². The minimum atomic E-state index is 0.521. The number of rotatable bonds is 4. The molecule has 1 atom stereocenters. The molecule has 0 aliphatic carbocycles. The number of thiazole rings is 1. The molecule has 2 rings (SSSR count). The third-order valence-electron chi connectivity index (χ3n) is 3.53. The Kier molecular flexibility index (Phi) is 5.01. The Balaban J connectivity index is 1.99. The van der Waals surface area contributed by atoms with E-state index in [9.17, 15) is 0 Å². The van der Waals surface area contributed by atoms with Crippen molar-refractivity contribution >= 4 is 16.5 Å². The average Bonchev–Trinajstić information content (AvgIpc) is 2.69. The molecule has 0 amide bonds. The predicted molar refractivity (Wildman–Crippen MR) is 79.4 cm³/mol. The molecule has 0 spiro atoms. The van der Waals surface area contributed by atoms with Gasteiger partial charge in [-0.2, -0.15) is 0 Å². The molecule has 1 N–H and O–H groups in total. The van der Waals surface area contributed by atoms with Gasteiger partial charge in [0, 0.05) is 30.6 Å². The third kappa shape index (κ3) is 3.69. The second-order valence-corrected chi connectivity index (χ2v) is 6.39. The first-order valence-corrected chi connectivity index (χ1v) is 7.99. The molecule has 4 heteroatoms. The monoisotopic (exact) mass is 267 g/mol. The van der Waals surface area contributed by atoms with Crippen molar-refractivity contribution in [3.05, 3.63) is 11.1 Å². The summed E-state index contributed by atoms with van der Waals surface area (Å²) in [5, 5.41) is 6.84. The van der Waals surface area contributed by atoms with Crippen molar-refractivity contribution in [1.82, 2.24) is 10.3 Å². The molecule has 2 heterocycles. The van der Waals surface area contributed by atoms with Gasteiger partial charge in [0.15, 0.2) is 5.13 Å². The van der Waals surface area contributed by atoms with Crippen molar-refractivity contribution in [3.63, 3.8) is 0 Å². The summed E-state index contributed by atoms with van der Waals surface area (Å²) in [5.74, 6) is 0. The SMILES string of the molecule is CC(C)NCc1csc(N2CCCCCC2C)n1. The first-order valence-electron chi connectivity index (χ1n) is 7.11. The lowest BCUT2D eigenvalue weighted by molar-refractivity contribution is 0.580. The van der Waals surface area contributed by atoms with Crippen LogP contribution in [0.1, 0.15) is 52.1 Å². The smallest absolute Gasteiger partial charge is 0.185 e. The zero-order valence-corrected chi connectivity index (χ0v) is 12.6. The Labute approximate surface area is 115 Å². The van der Waals surface area contributed by atoms with Gasteiger partial charge in [0.1, 0.15) is 0 Å². The van der Waals surface area contributed by atoms with Crippen LogP contribution in [0, 0.1) is 0 Å². The van der Waals surface area contributed by atoms with Crippen molar-refractivity contribution < 1.29 is 0 Å². The van der Waals surface area contributed by atoms with Crippen LogP contribution < -0.4 is 10.2 Å². The number of nitrogens with zero attached hydrogens (tertiary/aromatic N) is 2. The Morgan fingerprint density at radius 3 is 3.06 bits per heavy atom. The molecule has 0 saturated carbocycles. The Morgan fingerprint density at radius 1 is 1.44 bits per heavy atom. The van der Waals surface area contributed by atoms with Crippen LogP contribution in [0.15, 0.2) is 5.38 Å². The molecule has 18 heavy (non-hydrogen) atoms. The lowest BCUT2D eigenvalue weighted by Crippen LogP contribution is -2.32. The van der Waals surface area contributed by atoms with E-state index in [1.54, 1.807) is 11.3 Å². The molecule has 0 radical (unpaired) electrons. The highest BCUT2D eigenvalue weighted by atomic mass is 32.1. The lowest BCUT2D eigenvalue weighted by atomic mass is 10.1. The van der Waals surface area contributed by atoms with Gasteiger partial charge >= 0.3 is 0 Å². The van der Waals surface area contributed by atoms with Gasteiger partial charge in [0.25, 0.3) is 0 Å². The molecule has 1 aromatic rings. The summed E-state index contributed by atoms with van der Waals surface area (Å²) in [5.41, 5.74) is 1.18. The van der Waals surface area contributed by atoms with Crippen LogP contribution >= 0.6 is 11.3 Å². The van der Waals surface area contributed by atoms with Gasteiger partial charge < -0.3 is 10.2 Å². The van der Waals surface area contributed by atoms with Crippen molar-refractivity contribution in [2.75, 3.05) is 11.4 Å². The zero-order valence-electron chi connectivity index (χ0n) is 11.8. The summed E-state index contributed by atoms with van der Waals surface area (Å²) in [6, 6.07) is 1.16. The fraction of sp³-hybridized carbons (Fsp3) is 0.786. The van der Waals surface area contributed by atoms with E-state index in [-0.39, 0.29) is 0 Å². The summed E-state index contributed by atoms with van der Waals surface area (Å²) in [6.45, 7) is 8.73. The van der Waals surface area contributed by atoms with Crippen LogP contribution in [0.3, 0.4) is 0 Å². The maximum Gasteiger partial charge on any atom is 0.185 e. The first-order chi connectivity index (χ1) is 8.66. The van der Waals surface area contributed by atoms with Crippen LogP contribution in [0.2, 0.25) is 0 Å².